The van der Waals surface area contributed by atoms with Gasteiger partial charge in [0.05, 0.1) is 16.5 Å². The lowest BCUT2D eigenvalue weighted by atomic mass is 9.96. The first-order valence-electron chi connectivity index (χ1n) is 11.1. The molecule has 2 heterocycles. The Morgan fingerprint density at radius 1 is 0.829 bits per heavy atom. The van der Waals surface area contributed by atoms with E-state index in [-0.39, 0.29) is 41.2 Å². The number of aromatic nitrogens is 1. The van der Waals surface area contributed by atoms with Gasteiger partial charge in [0.1, 0.15) is 11.6 Å². The van der Waals surface area contributed by atoms with Gasteiger partial charge < -0.3 is 4.42 Å². The van der Waals surface area contributed by atoms with Crippen LogP contribution in [0.3, 0.4) is 0 Å². The van der Waals surface area contributed by atoms with Crippen LogP contribution in [0.2, 0.25) is 0 Å². The summed E-state index contributed by atoms with van der Waals surface area (Å²) in [5, 5.41) is 0. The normalized spacial score (nSPS) is 15.8. The third-order valence-electron chi connectivity index (χ3n) is 6.41. The number of oxazole rings is 1. The zero-order valence-electron chi connectivity index (χ0n) is 18.9. The Morgan fingerprint density at radius 2 is 1.37 bits per heavy atom. The molecular weight excluding hydrogens is 476 g/mol. The molecule has 7 nitrogen and oxygen atoms in total. The molecule has 0 atom stereocenters. The smallest absolute Gasteiger partial charge is 0.408 e. The zero-order chi connectivity index (χ0) is 24.7. The molecule has 5 rings (SSSR count). The molecular formula is C25H23F2N3O4S. The van der Waals surface area contributed by atoms with E-state index in [0.29, 0.717) is 18.6 Å². The summed E-state index contributed by atoms with van der Waals surface area (Å²) < 4.78 is 61.6. The number of fused-ring (bicyclic) bond motifs is 1. The van der Waals surface area contributed by atoms with Crippen molar-refractivity contribution in [3.05, 3.63) is 100 Å². The van der Waals surface area contributed by atoms with Crippen LogP contribution in [-0.4, -0.2) is 48.4 Å². The van der Waals surface area contributed by atoms with Gasteiger partial charge in [-0.15, -0.1) is 0 Å². The summed E-state index contributed by atoms with van der Waals surface area (Å²) in [6.07, 6.45) is 0. The minimum absolute atomic E-state index is 0.0569. The van der Waals surface area contributed by atoms with Crippen LogP contribution in [0, 0.1) is 11.6 Å². The number of hydrogen-bond acceptors (Lipinski definition) is 5. The van der Waals surface area contributed by atoms with Crippen LogP contribution in [0.5, 0.6) is 0 Å². The lowest BCUT2D eigenvalue weighted by molar-refractivity contribution is 0.155. The summed E-state index contributed by atoms with van der Waals surface area (Å²) in [4.78, 5) is 13.9. The third-order valence-corrected chi connectivity index (χ3v) is 8.31. The lowest BCUT2D eigenvalue weighted by Crippen LogP contribution is -2.49. The van der Waals surface area contributed by atoms with Crippen molar-refractivity contribution in [1.82, 2.24) is 13.8 Å². The summed E-state index contributed by atoms with van der Waals surface area (Å²) in [5.74, 6) is -1.27. The molecule has 182 valence electrons. The van der Waals surface area contributed by atoms with Crippen molar-refractivity contribution in [2.24, 2.45) is 7.05 Å². The van der Waals surface area contributed by atoms with Crippen LogP contribution in [-0.2, 0) is 17.1 Å². The van der Waals surface area contributed by atoms with Crippen molar-refractivity contribution < 1.29 is 21.6 Å². The van der Waals surface area contributed by atoms with Crippen LogP contribution in [0.4, 0.5) is 8.78 Å². The van der Waals surface area contributed by atoms with Crippen molar-refractivity contribution >= 4 is 21.1 Å². The second-order valence-corrected chi connectivity index (χ2v) is 10.4. The monoisotopic (exact) mass is 499 g/mol. The third kappa shape index (κ3) is 4.40. The van der Waals surface area contributed by atoms with Crippen LogP contribution < -0.4 is 5.76 Å². The van der Waals surface area contributed by atoms with Gasteiger partial charge in [0.2, 0.25) is 10.0 Å². The minimum atomic E-state index is -3.81. The van der Waals surface area contributed by atoms with Crippen molar-refractivity contribution in [1.29, 1.82) is 0 Å². The van der Waals surface area contributed by atoms with Gasteiger partial charge >= 0.3 is 5.76 Å². The van der Waals surface area contributed by atoms with Gasteiger partial charge in [-0.05, 0) is 47.5 Å². The Bertz CT molecular complexity index is 1480. The number of benzene rings is 3. The van der Waals surface area contributed by atoms with Gasteiger partial charge in [0.15, 0.2) is 5.58 Å². The van der Waals surface area contributed by atoms with Crippen LogP contribution in [0.1, 0.15) is 17.2 Å². The molecule has 1 saturated heterocycles. The topological polar surface area (TPSA) is 75.8 Å². The van der Waals surface area contributed by atoms with E-state index in [9.17, 15) is 22.0 Å². The molecule has 0 spiro atoms. The average molecular weight is 500 g/mol. The Kier molecular flexibility index (Phi) is 6.04. The van der Waals surface area contributed by atoms with E-state index in [1.165, 1.54) is 45.3 Å². The maximum Gasteiger partial charge on any atom is 0.419 e. The maximum atomic E-state index is 13.6. The molecule has 1 aromatic heterocycles. The van der Waals surface area contributed by atoms with E-state index >= 15 is 0 Å². The SMILES string of the molecule is Cn1c(=O)oc2cc(S(=O)(=O)N3CCN(C(c4ccc(F)cc4)c4ccc(F)cc4)CC3)ccc21. The van der Waals surface area contributed by atoms with E-state index in [1.807, 2.05) is 0 Å². The van der Waals surface area contributed by atoms with Crippen molar-refractivity contribution in [3.8, 4) is 0 Å². The Balaban J connectivity index is 1.39. The maximum absolute atomic E-state index is 13.6. The fourth-order valence-corrected chi connectivity index (χ4v) is 5.97. The molecule has 10 heteroatoms. The van der Waals surface area contributed by atoms with Crippen molar-refractivity contribution in [2.75, 3.05) is 26.2 Å². The van der Waals surface area contributed by atoms with Crippen LogP contribution in [0.25, 0.3) is 11.1 Å². The molecule has 1 aliphatic rings. The Hall–Kier alpha value is -3.34. The summed E-state index contributed by atoms with van der Waals surface area (Å²) >= 11 is 0. The number of sulfonamides is 1. The van der Waals surface area contributed by atoms with Crippen LogP contribution in [0.15, 0.2) is 80.8 Å². The van der Waals surface area contributed by atoms with Crippen LogP contribution >= 0.6 is 0 Å². The fourth-order valence-electron chi connectivity index (χ4n) is 4.53. The predicted molar refractivity (Wildman–Crippen MR) is 126 cm³/mol. The fraction of sp³-hybridized carbons (Fsp3) is 0.240. The Labute approximate surface area is 200 Å². The molecule has 0 bridgehead atoms. The highest BCUT2D eigenvalue weighted by Crippen LogP contribution is 2.31. The second kappa shape index (κ2) is 9.03. The van der Waals surface area contributed by atoms with Crippen molar-refractivity contribution in [3.63, 3.8) is 0 Å². The molecule has 1 aliphatic heterocycles. The molecule has 0 saturated carbocycles. The highest BCUT2D eigenvalue weighted by atomic mass is 32.2. The minimum Gasteiger partial charge on any atom is -0.408 e. The number of rotatable bonds is 5. The molecule has 0 amide bonds. The highest BCUT2D eigenvalue weighted by Gasteiger charge is 2.32. The number of aryl methyl sites for hydroxylation is 1. The largest absolute Gasteiger partial charge is 0.419 e. The van der Waals surface area contributed by atoms with E-state index in [0.717, 1.165) is 11.1 Å². The second-order valence-electron chi connectivity index (χ2n) is 8.50. The quantitative estimate of drug-likeness (QED) is 0.420. The number of piperazine rings is 1. The Morgan fingerprint density at radius 3 is 1.91 bits per heavy atom. The highest BCUT2D eigenvalue weighted by molar-refractivity contribution is 7.89. The summed E-state index contributed by atoms with van der Waals surface area (Å²) in [7, 11) is -2.25. The van der Waals surface area contributed by atoms with E-state index < -0.39 is 15.8 Å². The standard InChI is InChI=1S/C25H23F2N3O4S/c1-28-22-11-10-21(16-23(22)34-25(28)31)35(32,33)30-14-12-29(13-15-30)24(17-2-6-19(26)7-3-17)18-4-8-20(27)9-5-18/h2-11,16,24H,12-15H2,1H3. The van der Waals surface area contributed by atoms with Gasteiger partial charge in [0, 0.05) is 39.3 Å². The van der Waals surface area contributed by atoms with Gasteiger partial charge in [-0.3, -0.25) is 9.47 Å². The van der Waals surface area contributed by atoms with Gasteiger partial charge in [-0.2, -0.15) is 4.31 Å². The average Bonchev–Trinajstić information content (AvgIpc) is 3.14. The summed E-state index contributed by atoms with van der Waals surface area (Å²) in [5.41, 5.74) is 2.39. The molecule has 4 aromatic rings. The molecule has 35 heavy (non-hydrogen) atoms. The molecule has 1 fully saturated rings. The molecule has 0 unspecified atom stereocenters. The first-order chi connectivity index (χ1) is 16.7. The van der Waals surface area contributed by atoms with E-state index in [2.05, 4.69) is 4.90 Å². The number of nitrogens with zero attached hydrogens (tertiary/aromatic N) is 3. The zero-order valence-corrected chi connectivity index (χ0v) is 19.7. The van der Waals surface area contributed by atoms with Crippen molar-refractivity contribution in [2.45, 2.75) is 10.9 Å². The lowest BCUT2D eigenvalue weighted by Gasteiger charge is -2.39. The molecule has 0 N–H and O–H groups in total. The van der Waals surface area contributed by atoms with Gasteiger partial charge in [-0.1, -0.05) is 24.3 Å². The predicted octanol–water partition coefficient (Wildman–Crippen LogP) is 3.51. The van der Waals surface area contributed by atoms with E-state index in [4.69, 9.17) is 4.42 Å². The van der Waals surface area contributed by atoms with Gasteiger partial charge in [-0.25, -0.2) is 22.0 Å². The molecule has 0 radical (unpaired) electrons. The number of halogens is 2. The molecule has 3 aromatic carbocycles. The van der Waals surface area contributed by atoms with Gasteiger partial charge in [0.25, 0.3) is 0 Å². The number of hydrogen-bond donors (Lipinski definition) is 0. The summed E-state index contributed by atoms with van der Waals surface area (Å²) in [6.45, 7) is 1.30. The first kappa shape index (κ1) is 23.4. The molecule has 0 aliphatic carbocycles. The summed E-state index contributed by atoms with van der Waals surface area (Å²) in [6, 6.07) is 16.4. The van der Waals surface area contributed by atoms with E-state index in [1.54, 1.807) is 37.4 Å². The first-order valence-corrected chi connectivity index (χ1v) is 12.5.